The summed E-state index contributed by atoms with van der Waals surface area (Å²) in [6.07, 6.45) is 3.71. The highest BCUT2D eigenvalue weighted by Crippen LogP contribution is 2.20. The lowest BCUT2D eigenvalue weighted by atomic mass is 10.1. The normalized spacial score (nSPS) is 11.4. The lowest BCUT2D eigenvalue weighted by molar-refractivity contribution is 0.475. The molecule has 0 saturated heterocycles. The molecule has 0 aliphatic heterocycles. The van der Waals surface area contributed by atoms with Gasteiger partial charge in [0.05, 0.1) is 16.6 Å². The maximum absolute atomic E-state index is 13.4. The molecule has 0 aliphatic carbocycles. The van der Waals surface area contributed by atoms with Gasteiger partial charge in [0, 0.05) is 3.57 Å². The molecular formula is C23H17IN2O2. The van der Waals surface area contributed by atoms with Gasteiger partial charge in [-0.05, 0) is 83.1 Å². The fourth-order valence-corrected chi connectivity index (χ4v) is 3.58. The zero-order valence-electron chi connectivity index (χ0n) is 15.1. The standard InChI is InChI=1S/C23H17IN2O2/c1-15-4-2-3-5-21(15)26-22(13-8-16-6-10-18(27)11-7-16)25-20-12-9-17(24)14-19(20)23(26)28/h2-14,27H,1H3. The molecule has 1 aromatic heterocycles. The molecule has 0 spiro atoms. The maximum atomic E-state index is 13.4. The largest absolute Gasteiger partial charge is 0.508 e. The summed E-state index contributed by atoms with van der Waals surface area (Å²) in [4.78, 5) is 18.1. The molecule has 0 fully saturated rings. The molecule has 3 aromatic carbocycles. The van der Waals surface area contributed by atoms with E-state index >= 15 is 0 Å². The van der Waals surface area contributed by atoms with Crippen LogP contribution in [-0.4, -0.2) is 14.7 Å². The van der Waals surface area contributed by atoms with Gasteiger partial charge < -0.3 is 5.11 Å². The van der Waals surface area contributed by atoms with Crippen LogP contribution in [0, 0.1) is 10.5 Å². The summed E-state index contributed by atoms with van der Waals surface area (Å²) in [6.45, 7) is 1.98. The van der Waals surface area contributed by atoms with Gasteiger partial charge in [0.1, 0.15) is 11.6 Å². The maximum Gasteiger partial charge on any atom is 0.266 e. The Morgan fingerprint density at radius 1 is 1.00 bits per heavy atom. The Labute approximate surface area is 175 Å². The van der Waals surface area contributed by atoms with Gasteiger partial charge >= 0.3 is 0 Å². The second-order valence-corrected chi connectivity index (χ2v) is 7.73. The molecule has 4 aromatic rings. The number of aromatic nitrogens is 2. The molecule has 5 heteroatoms. The molecule has 1 heterocycles. The molecule has 0 unspecified atom stereocenters. The third-order valence-electron chi connectivity index (χ3n) is 4.53. The first-order valence-electron chi connectivity index (χ1n) is 8.78. The Morgan fingerprint density at radius 3 is 2.50 bits per heavy atom. The molecule has 28 heavy (non-hydrogen) atoms. The first-order valence-corrected chi connectivity index (χ1v) is 9.86. The van der Waals surface area contributed by atoms with E-state index in [0.717, 1.165) is 20.4 Å². The number of hydrogen-bond acceptors (Lipinski definition) is 3. The average Bonchev–Trinajstić information content (AvgIpc) is 2.69. The Balaban J connectivity index is 1.97. The van der Waals surface area contributed by atoms with E-state index in [-0.39, 0.29) is 11.3 Å². The molecule has 0 aliphatic rings. The predicted octanol–water partition coefficient (Wildman–Crippen LogP) is 5.17. The molecular weight excluding hydrogens is 463 g/mol. The predicted molar refractivity (Wildman–Crippen MR) is 122 cm³/mol. The van der Waals surface area contributed by atoms with Gasteiger partial charge in [-0.25, -0.2) is 4.98 Å². The topological polar surface area (TPSA) is 55.1 Å². The number of phenolic OH excluding ortho intramolecular Hbond substituents is 1. The highest BCUT2D eigenvalue weighted by Gasteiger charge is 2.13. The summed E-state index contributed by atoms with van der Waals surface area (Å²) >= 11 is 2.20. The van der Waals surface area contributed by atoms with E-state index in [0.29, 0.717) is 16.7 Å². The number of hydrogen-bond donors (Lipinski definition) is 1. The summed E-state index contributed by atoms with van der Waals surface area (Å²) in [7, 11) is 0. The smallest absolute Gasteiger partial charge is 0.266 e. The molecule has 1 N–H and O–H groups in total. The van der Waals surface area contributed by atoms with Gasteiger partial charge in [0.25, 0.3) is 5.56 Å². The molecule has 0 bridgehead atoms. The number of rotatable bonds is 3. The van der Waals surface area contributed by atoms with Crippen LogP contribution in [0.25, 0.3) is 28.7 Å². The fourth-order valence-electron chi connectivity index (χ4n) is 3.09. The van der Waals surface area contributed by atoms with Crippen molar-refractivity contribution in [2.75, 3.05) is 0 Å². The summed E-state index contributed by atoms with van der Waals surface area (Å²) in [5.41, 5.74) is 3.29. The Morgan fingerprint density at radius 2 is 1.75 bits per heavy atom. The van der Waals surface area contributed by atoms with Crippen molar-refractivity contribution in [2.45, 2.75) is 6.92 Å². The number of fused-ring (bicyclic) bond motifs is 1. The fraction of sp³-hybridized carbons (Fsp3) is 0.0435. The number of benzene rings is 3. The zero-order chi connectivity index (χ0) is 19.7. The van der Waals surface area contributed by atoms with Crippen molar-refractivity contribution < 1.29 is 5.11 Å². The second-order valence-electron chi connectivity index (χ2n) is 6.48. The number of para-hydroxylation sites is 1. The van der Waals surface area contributed by atoms with Gasteiger partial charge in [0.15, 0.2) is 0 Å². The van der Waals surface area contributed by atoms with Gasteiger partial charge in [-0.15, -0.1) is 0 Å². The van der Waals surface area contributed by atoms with Crippen LogP contribution in [0.3, 0.4) is 0 Å². The number of aryl methyl sites for hydroxylation is 1. The molecule has 0 radical (unpaired) electrons. The van der Waals surface area contributed by atoms with Gasteiger partial charge in [0.2, 0.25) is 0 Å². The van der Waals surface area contributed by atoms with Crippen molar-refractivity contribution in [1.82, 2.24) is 9.55 Å². The number of halogens is 1. The van der Waals surface area contributed by atoms with Crippen LogP contribution >= 0.6 is 22.6 Å². The minimum absolute atomic E-state index is 0.0943. The molecule has 4 nitrogen and oxygen atoms in total. The first-order chi connectivity index (χ1) is 13.5. The SMILES string of the molecule is Cc1ccccc1-n1c(C=Cc2ccc(O)cc2)nc2ccc(I)cc2c1=O. The van der Waals surface area contributed by atoms with Gasteiger partial charge in [-0.3, -0.25) is 9.36 Å². The Hall–Kier alpha value is -2.93. The number of nitrogens with zero attached hydrogens (tertiary/aromatic N) is 2. The van der Waals surface area contributed by atoms with E-state index in [9.17, 15) is 9.90 Å². The summed E-state index contributed by atoms with van der Waals surface area (Å²) in [5, 5.41) is 10.1. The van der Waals surface area contributed by atoms with Crippen molar-refractivity contribution >= 4 is 45.6 Å². The van der Waals surface area contributed by atoms with Crippen LogP contribution in [0.15, 0.2) is 71.5 Å². The van der Waals surface area contributed by atoms with Crippen molar-refractivity contribution in [1.29, 1.82) is 0 Å². The van der Waals surface area contributed by atoms with Crippen LogP contribution in [0.4, 0.5) is 0 Å². The van der Waals surface area contributed by atoms with E-state index in [4.69, 9.17) is 4.98 Å². The average molecular weight is 480 g/mol. The van der Waals surface area contributed by atoms with Gasteiger partial charge in [-0.2, -0.15) is 0 Å². The van der Waals surface area contributed by atoms with Crippen molar-refractivity contribution in [3.05, 3.63) is 97.6 Å². The third-order valence-corrected chi connectivity index (χ3v) is 5.20. The van der Waals surface area contributed by atoms with Crippen LogP contribution in [0.2, 0.25) is 0 Å². The molecule has 4 rings (SSSR count). The highest BCUT2D eigenvalue weighted by atomic mass is 127. The van der Waals surface area contributed by atoms with E-state index in [1.165, 1.54) is 0 Å². The van der Waals surface area contributed by atoms with E-state index in [2.05, 4.69) is 22.6 Å². The molecule has 0 saturated carbocycles. The third kappa shape index (κ3) is 3.57. The quantitative estimate of drug-likeness (QED) is 0.412. The summed E-state index contributed by atoms with van der Waals surface area (Å²) in [5.74, 6) is 0.772. The number of phenols is 1. The Bertz CT molecular complexity index is 1260. The summed E-state index contributed by atoms with van der Waals surface area (Å²) in [6, 6.07) is 20.3. The van der Waals surface area contributed by atoms with Crippen molar-refractivity contribution in [2.24, 2.45) is 0 Å². The van der Waals surface area contributed by atoms with Crippen molar-refractivity contribution in [3.8, 4) is 11.4 Å². The zero-order valence-corrected chi connectivity index (χ0v) is 17.3. The minimum atomic E-state index is -0.0943. The monoisotopic (exact) mass is 480 g/mol. The van der Waals surface area contributed by atoms with Crippen LogP contribution in [0.1, 0.15) is 17.0 Å². The van der Waals surface area contributed by atoms with Crippen LogP contribution in [0.5, 0.6) is 5.75 Å². The minimum Gasteiger partial charge on any atom is -0.508 e. The molecule has 138 valence electrons. The second kappa shape index (κ2) is 7.59. The molecule has 0 atom stereocenters. The lowest BCUT2D eigenvalue weighted by Crippen LogP contribution is -2.23. The molecule has 0 amide bonds. The highest BCUT2D eigenvalue weighted by molar-refractivity contribution is 14.1. The first kappa shape index (κ1) is 18.4. The Kier molecular flexibility index (Phi) is 5.00. The number of aromatic hydroxyl groups is 1. The van der Waals surface area contributed by atoms with Crippen LogP contribution < -0.4 is 5.56 Å². The van der Waals surface area contributed by atoms with Gasteiger partial charge in [-0.1, -0.05) is 36.4 Å². The van der Waals surface area contributed by atoms with Crippen LogP contribution in [-0.2, 0) is 0 Å². The van der Waals surface area contributed by atoms with Crippen molar-refractivity contribution in [3.63, 3.8) is 0 Å². The van der Waals surface area contributed by atoms with E-state index in [1.54, 1.807) is 16.7 Å². The van der Waals surface area contributed by atoms with E-state index < -0.39 is 0 Å². The lowest BCUT2D eigenvalue weighted by Gasteiger charge is -2.13. The summed E-state index contributed by atoms with van der Waals surface area (Å²) < 4.78 is 2.65. The van der Waals surface area contributed by atoms with E-state index in [1.807, 2.05) is 73.7 Å².